The summed E-state index contributed by atoms with van der Waals surface area (Å²) in [5.74, 6) is -1.12. The molecule has 0 unspecified atom stereocenters. The van der Waals surface area contributed by atoms with Gasteiger partial charge in [0.15, 0.2) is 5.65 Å². The van der Waals surface area contributed by atoms with E-state index >= 15 is 0 Å². The summed E-state index contributed by atoms with van der Waals surface area (Å²) in [4.78, 5) is 4.04. The summed E-state index contributed by atoms with van der Waals surface area (Å²) in [6.45, 7) is 0. The minimum Gasteiger partial charge on any atom is -0.235 e. The Balaban J connectivity index is 2.31. The molecule has 0 atom stereocenters. The molecule has 0 radical (unpaired) electrons. The lowest BCUT2D eigenvalue weighted by Gasteiger charge is -2.02. The fourth-order valence-electron chi connectivity index (χ4n) is 1.58. The van der Waals surface area contributed by atoms with E-state index in [4.69, 9.17) is 0 Å². The summed E-state index contributed by atoms with van der Waals surface area (Å²) in [6.07, 6.45) is 1.54. The monoisotopic (exact) mass is 232 g/mol. The number of hydrogen-bond donors (Lipinski definition) is 0. The van der Waals surface area contributed by atoms with Crippen LogP contribution in [0.5, 0.6) is 0 Å². The van der Waals surface area contributed by atoms with Gasteiger partial charge in [-0.2, -0.15) is 4.68 Å². The van der Waals surface area contributed by atoms with Crippen LogP contribution in [-0.4, -0.2) is 20.0 Å². The van der Waals surface area contributed by atoms with Gasteiger partial charge in [-0.1, -0.05) is 5.21 Å². The topological polar surface area (TPSA) is 43.6 Å². The van der Waals surface area contributed by atoms with E-state index in [2.05, 4.69) is 15.3 Å². The Hall–Kier alpha value is -2.37. The van der Waals surface area contributed by atoms with Crippen LogP contribution in [0.3, 0.4) is 0 Å². The number of hydrogen-bond acceptors (Lipinski definition) is 3. The van der Waals surface area contributed by atoms with Gasteiger partial charge >= 0.3 is 0 Å². The lowest BCUT2D eigenvalue weighted by atomic mass is 10.3. The first-order valence-electron chi connectivity index (χ1n) is 4.87. The van der Waals surface area contributed by atoms with Gasteiger partial charge in [0.05, 0.1) is 0 Å². The molecule has 0 spiro atoms. The van der Waals surface area contributed by atoms with Gasteiger partial charge in [0.2, 0.25) is 0 Å². The van der Waals surface area contributed by atoms with Crippen molar-refractivity contribution < 1.29 is 8.78 Å². The summed E-state index contributed by atoms with van der Waals surface area (Å²) >= 11 is 0. The molecule has 0 amide bonds. The van der Waals surface area contributed by atoms with Crippen molar-refractivity contribution >= 4 is 11.2 Å². The van der Waals surface area contributed by atoms with Crippen molar-refractivity contribution in [2.45, 2.75) is 0 Å². The molecule has 3 rings (SSSR count). The maximum absolute atomic E-state index is 13.6. The van der Waals surface area contributed by atoms with Gasteiger partial charge in [-0.05, 0) is 24.3 Å². The number of aromatic nitrogens is 4. The van der Waals surface area contributed by atoms with Gasteiger partial charge in [-0.15, -0.1) is 5.10 Å². The molecule has 1 aromatic carbocycles. The van der Waals surface area contributed by atoms with Crippen molar-refractivity contribution in [3.63, 3.8) is 0 Å². The second-order valence-corrected chi connectivity index (χ2v) is 3.44. The zero-order chi connectivity index (χ0) is 11.8. The second-order valence-electron chi connectivity index (χ2n) is 3.44. The molecule has 2 heterocycles. The highest BCUT2D eigenvalue weighted by molar-refractivity contribution is 5.71. The van der Waals surface area contributed by atoms with Crippen LogP contribution in [0.15, 0.2) is 36.5 Å². The van der Waals surface area contributed by atoms with Crippen molar-refractivity contribution in [1.29, 1.82) is 0 Å². The normalized spacial score (nSPS) is 10.9. The molecule has 0 saturated carbocycles. The van der Waals surface area contributed by atoms with E-state index in [1.807, 2.05) is 0 Å². The molecule has 4 nitrogen and oxygen atoms in total. The van der Waals surface area contributed by atoms with E-state index in [1.165, 1.54) is 4.68 Å². The number of rotatable bonds is 1. The van der Waals surface area contributed by atoms with Crippen LogP contribution in [0.4, 0.5) is 8.78 Å². The van der Waals surface area contributed by atoms with E-state index in [0.717, 1.165) is 18.2 Å². The van der Waals surface area contributed by atoms with E-state index in [1.54, 1.807) is 18.3 Å². The van der Waals surface area contributed by atoms with Crippen LogP contribution in [0.25, 0.3) is 16.9 Å². The van der Waals surface area contributed by atoms with Crippen molar-refractivity contribution in [1.82, 2.24) is 20.0 Å². The highest BCUT2D eigenvalue weighted by Crippen LogP contribution is 2.17. The third-order valence-electron chi connectivity index (χ3n) is 2.34. The van der Waals surface area contributed by atoms with E-state index < -0.39 is 11.6 Å². The first-order chi connectivity index (χ1) is 8.25. The lowest BCUT2D eigenvalue weighted by molar-refractivity contribution is 0.585. The molecule has 0 bridgehead atoms. The Labute approximate surface area is 94.5 Å². The minimum atomic E-state index is -0.580. The maximum Gasteiger partial charge on any atom is 0.183 e. The summed E-state index contributed by atoms with van der Waals surface area (Å²) in [7, 11) is 0. The average molecular weight is 232 g/mol. The molecule has 0 saturated heterocycles. The predicted molar refractivity (Wildman–Crippen MR) is 56.6 cm³/mol. The SMILES string of the molecule is Fc1ccc(F)c(-n2nnc3cccnc32)c1. The van der Waals surface area contributed by atoms with Gasteiger partial charge < -0.3 is 0 Å². The lowest BCUT2D eigenvalue weighted by Crippen LogP contribution is -2.01. The van der Waals surface area contributed by atoms with Gasteiger partial charge in [-0.3, -0.25) is 0 Å². The summed E-state index contributed by atoms with van der Waals surface area (Å²) < 4.78 is 27.8. The minimum absolute atomic E-state index is 0.00815. The Morgan fingerprint density at radius 2 is 2.00 bits per heavy atom. The summed E-state index contributed by atoms with van der Waals surface area (Å²) in [5, 5.41) is 7.59. The third-order valence-corrected chi connectivity index (χ3v) is 2.34. The van der Waals surface area contributed by atoms with E-state index in [-0.39, 0.29) is 5.69 Å². The molecule has 0 aliphatic rings. The molecule has 2 aromatic heterocycles. The van der Waals surface area contributed by atoms with Crippen LogP contribution >= 0.6 is 0 Å². The summed E-state index contributed by atoms with van der Waals surface area (Å²) in [5.41, 5.74) is 0.902. The van der Waals surface area contributed by atoms with Crippen LogP contribution in [0.2, 0.25) is 0 Å². The first kappa shape index (κ1) is 9.83. The Kier molecular flexibility index (Phi) is 2.07. The molecule has 3 aromatic rings. The smallest absolute Gasteiger partial charge is 0.183 e. The van der Waals surface area contributed by atoms with E-state index in [0.29, 0.717) is 11.2 Å². The van der Waals surface area contributed by atoms with Crippen LogP contribution in [-0.2, 0) is 0 Å². The number of benzene rings is 1. The molecule has 6 heteroatoms. The second kappa shape index (κ2) is 3.58. The summed E-state index contributed by atoms with van der Waals surface area (Å²) in [6, 6.07) is 6.54. The van der Waals surface area contributed by atoms with Gasteiger partial charge in [-0.25, -0.2) is 13.8 Å². The molecule has 0 N–H and O–H groups in total. The average Bonchev–Trinajstić information content (AvgIpc) is 2.76. The fourth-order valence-corrected chi connectivity index (χ4v) is 1.58. The Morgan fingerprint density at radius 3 is 2.88 bits per heavy atom. The van der Waals surface area contributed by atoms with Crippen LogP contribution < -0.4 is 0 Å². The molecular weight excluding hydrogens is 226 g/mol. The molecule has 0 aliphatic heterocycles. The predicted octanol–water partition coefficient (Wildman–Crippen LogP) is 2.09. The number of halogens is 2. The fraction of sp³-hybridized carbons (Fsp3) is 0. The zero-order valence-corrected chi connectivity index (χ0v) is 8.51. The number of fused-ring (bicyclic) bond motifs is 1. The van der Waals surface area contributed by atoms with E-state index in [9.17, 15) is 8.78 Å². The molecule has 0 fully saturated rings. The maximum atomic E-state index is 13.6. The first-order valence-corrected chi connectivity index (χ1v) is 4.87. The van der Waals surface area contributed by atoms with Gasteiger partial charge in [0, 0.05) is 12.3 Å². The molecule has 0 aliphatic carbocycles. The third kappa shape index (κ3) is 1.54. The van der Waals surface area contributed by atoms with Crippen LogP contribution in [0.1, 0.15) is 0 Å². The zero-order valence-electron chi connectivity index (χ0n) is 8.51. The quantitative estimate of drug-likeness (QED) is 0.645. The Bertz CT molecular complexity index is 693. The van der Waals surface area contributed by atoms with Gasteiger partial charge in [0.25, 0.3) is 0 Å². The molecular formula is C11H6F2N4. The van der Waals surface area contributed by atoms with Crippen LogP contribution in [0, 0.1) is 11.6 Å². The molecule has 84 valence electrons. The van der Waals surface area contributed by atoms with Crippen molar-refractivity contribution in [3.8, 4) is 5.69 Å². The van der Waals surface area contributed by atoms with Crippen molar-refractivity contribution in [3.05, 3.63) is 48.2 Å². The Morgan fingerprint density at radius 1 is 1.12 bits per heavy atom. The van der Waals surface area contributed by atoms with Crippen molar-refractivity contribution in [2.75, 3.05) is 0 Å². The highest BCUT2D eigenvalue weighted by Gasteiger charge is 2.12. The highest BCUT2D eigenvalue weighted by atomic mass is 19.1. The molecule has 17 heavy (non-hydrogen) atoms. The van der Waals surface area contributed by atoms with Gasteiger partial charge in [0.1, 0.15) is 22.8 Å². The van der Waals surface area contributed by atoms with Crippen molar-refractivity contribution in [2.24, 2.45) is 0 Å². The standard InChI is InChI=1S/C11H6F2N4/c12-7-3-4-8(13)10(6-7)17-11-9(15-16-17)2-1-5-14-11/h1-6H. The number of pyridine rings is 1. The largest absolute Gasteiger partial charge is 0.235 e. The number of nitrogens with zero attached hydrogens (tertiary/aromatic N) is 4.